The molecule has 0 aliphatic carbocycles. The van der Waals surface area contributed by atoms with Crippen molar-refractivity contribution < 1.29 is 9.53 Å². The number of rotatable bonds is 5. The molecule has 3 rings (SSSR count). The Morgan fingerprint density at radius 2 is 1.85 bits per heavy atom. The van der Waals surface area contributed by atoms with Crippen LogP contribution in [-0.4, -0.2) is 22.5 Å². The molecule has 1 heterocycles. The Morgan fingerprint density at radius 3 is 2.58 bits per heavy atom. The normalized spacial score (nSPS) is 10.4. The minimum Gasteiger partial charge on any atom is -0.467 e. The van der Waals surface area contributed by atoms with Crippen molar-refractivity contribution in [1.29, 1.82) is 0 Å². The van der Waals surface area contributed by atoms with Gasteiger partial charge in [0.25, 0.3) is 5.91 Å². The summed E-state index contributed by atoms with van der Waals surface area (Å²) in [4.78, 5) is 20.9. The van der Waals surface area contributed by atoms with Gasteiger partial charge in [0, 0.05) is 28.0 Å². The van der Waals surface area contributed by atoms with Crippen LogP contribution in [0, 0.1) is 13.8 Å². The summed E-state index contributed by atoms with van der Waals surface area (Å²) in [6.45, 7) is 3.72. The largest absolute Gasteiger partial charge is 0.467 e. The highest BCUT2D eigenvalue weighted by Gasteiger charge is 2.09. The van der Waals surface area contributed by atoms with Crippen LogP contribution in [0.25, 0.3) is 11.4 Å². The van der Waals surface area contributed by atoms with E-state index in [1.54, 1.807) is 30.3 Å². The summed E-state index contributed by atoms with van der Waals surface area (Å²) in [6, 6.07) is 16.5. The van der Waals surface area contributed by atoms with Crippen LogP contribution in [0.5, 0.6) is 5.88 Å². The smallest absolute Gasteiger partial charge is 0.262 e. The fourth-order valence-electron chi connectivity index (χ4n) is 2.35. The zero-order chi connectivity index (χ0) is 18.5. The Hall–Kier alpha value is -2.92. The van der Waals surface area contributed by atoms with E-state index in [1.165, 1.54) is 0 Å². The molecule has 1 aromatic heterocycles. The maximum Gasteiger partial charge on any atom is 0.262 e. The molecule has 2 aromatic carbocycles. The number of aromatic nitrogens is 2. The van der Waals surface area contributed by atoms with Crippen molar-refractivity contribution in [3.05, 3.63) is 70.9 Å². The number of carbonyl (C=O) groups is 1. The van der Waals surface area contributed by atoms with Crippen molar-refractivity contribution in [2.75, 3.05) is 11.9 Å². The number of halogens is 1. The number of ether oxygens (including phenoxy) is 1. The molecule has 0 saturated heterocycles. The average molecular weight is 368 g/mol. The number of hydrogen-bond acceptors (Lipinski definition) is 4. The predicted octanol–water partition coefficient (Wildman–Crippen LogP) is 4.43. The number of hydrogen-bond donors (Lipinski definition) is 1. The number of amides is 1. The number of benzene rings is 2. The van der Waals surface area contributed by atoms with Crippen LogP contribution in [-0.2, 0) is 4.79 Å². The predicted molar refractivity (Wildman–Crippen MR) is 103 cm³/mol. The molecule has 0 spiro atoms. The molecule has 1 amide bonds. The molecule has 0 aliphatic heterocycles. The lowest BCUT2D eigenvalue weighted by Crippen LogP contribution is -2.20. The molecule has 0 unspecified atom stereocenters. The van der Waals surface area contributed by atoms with Crippen molar-refractivity contribution in [1.82, 2.24) is 9.97 Å². The van der Waals surface area contributed by atoms with Gasteiger partial charge in [0.1, 0.15) is 0 Å². The maximum atomic E-state index is 12.1. The summed E-state index contributed by atoms with van der Waals surface area (Å²) in [7, 11) is 0. The highest BCUT2D eigenvalue weighted by Crippen LogP contribution is 2.20. The first-order chi connectivity index (χ1) is 12.5. The molecule has 1 N–H and O–H groups in total. The van der Waals surface area contributed by atoms with Gasteiger partial charge < -0.3 is 10.1 Å². The molecular weight excluding hydrogens is 350 g/mol. The van der Waals surface area contributed by atoms with Crippen LogP contribution < -0.4 is 10.1 Å². The third kappa shape index (κ3) is 4.80. The summed E-state index contributed by atoms with van der Waals surface area (Å²) in [5.74, 6) is 0.630. The molecule has 0 radical (unpaired) electrons. The van der Waals surface area contributed by atoms with E-state index >= 15 is 0 Å². The third-order valence-corrected chi connectivity index (χ3v) is 3.84. The summed E-state index contributed by atoms with van der Waals surface area (Å²) in [6.07, 6.45) is 0. The number of aryl methyl sites for hydroxylation is 2. The maximum absolute atomic E-state index is 12.1. The molecule has 132 valence electrons. The summed E-state index contributed by atoms with van der Waals surface area (Å²) in [5, 5.41) is 3.28. The third-order valence-electron chi connectivity index (χ3n) is 3.60. The van der Waals surface area contributed by atoms with Crippen LogP contribution in [0.4, 0.5) is 5.69 Å². The van der Waals surface area contributed by atoms with Gasteiger partial charge in [-0.05, 0) is 32.0 Å². The Labute approximate surface area is 157 Å². The molecule has 3 aromatic rings. The Kier molecular flexibility index (Phi) is 5.49. The van der Waals surface area contributed by atoms with Crippen molar-refractivity contribution in [3.8, 4) is 17.3 Å². The van der Waals surface area contributed by atoms with E-state index in [-0.39, 0.29) is 12.5 Å². The minimum absolute atomic E-state index is 0.156. The van der Waals surface area contributed by atoms with Gasteiger partial charge in [-0.15, -0.1) is 0 Å². The quantitative estimate of drug-likeness (QED) is 0.724. The Balaban J connectivity index is 1.68. The molecule has 26 heavy (non-hydrogen) atoms. The van der Waals surface area contributed by atoms with E-state index < -0.39 is 0 Å². The highest BCUT2D eigenvalue weighted by molar-refractivity contribution is 6.30. The minimum atomic E-state index is -0.291. The molecule has 5 nitrogen and oxygen atoms in total. The lowest BCUT2D eigenvalue weighted by Gasteiger charge is -2.09. The molecule has 0 saturated carbocycles. The highest BCUT2D eigenvalue weighted by atomic mass is 35.5. The topological polar surface area (TPSA) is 64.1 Å². The van der Waals surface area contributed by atoms with Gasteiger partial charge in [-0.2, -0.15) is 4.98 Å². The zero-order valence-corrected chi connectivity index (χ0v) is 15.2. The monoisotopic (exact) mass is 367 g/mol. The van der Waals surface area contributed by atoms with Gasteiger partial charge in [-0.25, -0.2) is 4.98 Å². The number of nitrogens with zero attached hydrogens (tertiary/aromatic N) is 2. The second-order valence-electron chi connectivity index (χ2n) is 5.88. The summed E-state index contributed by atoms with van der Waals surface area (Å²) in [5.41, 5.74) is 3.44. The van der Waals surface area contributed by atoms with E-state index in [0.717, 1.165) is 16.8 Å². The van der Waals surface area contributed by atoms with E-state index in [9.17, 15) is 4.79 Å². The van der Waals surface area contributed by atoms with Gasteiger partial charge in [-0.1, -0.05) is 47.5 Å². The van der Waals surface area contributed by atoms with Gasteiger partial charge in [0.05, 0.1) is 0 Å². The average Bonchev–Trinajstić information content (AvgIpc) is 2.60. The van der Waals surface area contributed by atoms with Crippen LogP contribution >= 0.6 is 11.6 Å². The molecule has 0 aliphatic rings. The molecular formula is C20H18ClN3O2. The standard InChI is InChI=1S/C20H18ClN3O2/c1-13-6-8-15(9-7-13)20-22-14(2)10-19(24-20)26-12-18(25)23-17-5-3-4-16(21)11-17/h3-11H,12H2,1-2H3,(H,23,25). The second-order valence-corrected chi connectivity index (χ2v) is 6.32. The van der Waals surface area contributed by atoms with Crippen LogP contribution in [0.3, 0.4) is 0 Å². The summed E-state index contributed by atoms with van der Waals surface area (Å²) < 4.78 is 5.54. The van der Waals surface area contributed by atoms with Crippen LogP contribution in [0.15, 0.2) is 54.6 Å². The number of carbonyl (C=O) groups excluding carboxylic acids is 1. The first-order valence-electron chi connectivity index (χ1n) is 8.10. The van der Waals surface area contributed by atoms with Crippen molar-refractivity contribution >= 4 is 23.2 Å². The zero-order valence-electron chi connectivity index (χ0n) is 14.5. The number of anilines is 1. The van der Waals surface area contributed by atoms with Gasteiger partial charge in [-0.3, -0.25) is 4.79 Å². The molecule has 6 heteroatoms. The number of nitrogens with one attached hydrogen (secondary N) is 1. The van der Waals surface area contributed by atoms with E-state index in [2.05, 4.69) is 15.3 Å². The van der Waals surface area contributed by atoms with Gasteiger partial charge >= 0.3 is 0 Å². The fourth-order valence-corrected chi connectivity index (χ4v) is 2.54. The lowest BCUT2D eigenvalue weighted by atomic mass is 10.1. The van der Waals surface area contributed by atoms with E-state index in [1.807, 2.05) is 38.1 Å². The van der Waals surface area contributed by atoms with Crippen molar-refractivity contribution in [3.63, 3.8) is 0 Å². The first kappa shape index (κ1) is 17.9. The van der Waals surface area contributed by atoms with E-state index in [4.69, 9.17) is 16.3 Å². The molecule has 0 atom stereocenters. The van der Waals surface area contributed by atoms with E-state index in [0.29, 0.717) is 22.4 Å². The van der Waals surface area contributed by atoms with Crippen LogP contribution in [0.1, 0.15) is 11.3 Å². The Morgan fingerprint density at radius 1 is 1.08 bits per heavy atom. The van der Waals surface area contributed by atoms with Crippen molar-refractivity contribution in [2.24, 2.45) is 0 Å². The second kappa shape index (κ2) is 7.97. The lowest BCUT2D eigenvalue weighted by molar-refractivity contribution is -0.118. The van der Waals surface area contributed by atoms with Crippen molar-refractivity contribution in [2.45, 2.75) is 13.8 Å². The molecule has 0 fully saturated rings. The van der Waals surface area contributed by atoms with Gasteiger partial charge in [0.2, 0.25) is 5.88 Å². The SMILES string of the molecule is Cc1ccc(-c2nc(C)cc(OCC(=O)Nc3cccc(Cl)c3)n2)cc1. The molecule has 0 bridgehead atoms. The Bertz CT molecular complexity index is 927. The van der Waals surface area contributed by atoms with Crippen LogP contribution in [0.2, 0.25) is 5.02 Å². The fraction of sp³-hybridized carbons (Fsp3) is 0.150. The van der Waals surface area contributed by atoms with Gasteiger partial charge in [0.15, 0.2) is 12.4 Å². The summed E-state index contributed by atoms with van der Waals surface area (Å²) >= 11 is 5.90. The first-order valence-corrected chi connectivity index (χ1v) is 8.48.